The number of aryl methyl sites for hydroxylation is 1. The first-order valence-corrected chi connectivity index (χ1v) is 12.3. The highest BCUT2D eigenvalue weighted by Gasteiger charge is 2.14. The molecule has 0 bridgehead atoms. The van der Waals surface area contributed by atoms with Crippen molar-refractivity contribution in [2.24, 2.45) is 0 Å². The number of methoxy groups -OCH3 is 1. The van der Waals surface area contributed by atoms with Gasteiger partial charge in [-0.1, -0.05) is 42.5 Å². The number of nitrogens with one attached hydrogen (secondary N) is 1. The zero-order chi connectivity index (χ0) is 25.9. The van der Waals surface area contributed by atoms with E-state index in [0.717, 1.165) is 12.8 Å². The van der Waals surface area contributed by atoms with Gasteiger partial charge in [0.25, 0.3) is 5.91 Å². The Labute approximate surface area is 223 Å². The first-order valence-electron chi connectivity index (χ1n) is 11.2. The van der Waals surface area contributed by atoms with E-state index >= 15 is 0 Å². The highest BCUT2D eigenvalue weighted by atomic mass is 127. The second-order valence-corrected chi connectivity index (χ2v) is 9.01. The minimum absolute atomic E-state index is 0.00767. The van der Waals surface area contributed by atoms with Gasteiger partial charge in [0.1, 0.15) is 18.2 Å². The van der Waals surface area contributed by atoms with E-state index in [9.17, 15) is 20.0 Å². The van der Waals surface area contributed by atoms with E-state index in [1.165, 1.54) is 24.8 Å². The summed E-state index contributed by atoms with van der Waals surface area (Å²) in [6.45, 7) is 0.612. The SMILES string of the molecule is COc1cc(/C=C(/C#N)C(=O)NCCCc2ccccc2)cc(I)c1OCc1cccc(C(=O)O)c1. The summed E-state index contributed by atoms with van der Waals surface area (Å²) in [7, 11) is 1.50. The fourth-order valence-electron chi connectivity index (χ4n) is 3.46. The van der Waals surface area contributed by atoms with E-state index in [0.29, 0.717) is 32.7 Å². The van der Waals surface area contributed by atoms with Crippen molar-refractivity contribution < 1.29 is 24.2 Å². The number of carbonyl (C=O) groups excluding carboxylic acids is 1. The van der Waals surface area contributed by atoms with Gasteiger partial charge < -0.3 is 19.9 Å². The molecule has 3 rings (SSSR count). The number of carbonyl (C=O) groups is 2. The van der Waals surface area contributed by atoms with E-state index in [2.05, 4.69) is 27.9 Å². The van der Waals surface area contributed by atoms with Crippen molar-refractivity contribution in [3.63, 3.8) is 0 Å². The number of halogens is 1. The second-order valence-electron chi connectivity index (χ2n) is 7.84. The maximum absolute atomic E-state index is 12.5. The maximum Gasteiger partial charge on any atom is 0.335 e. The minimum atomic E-state index is -1.01. The number of aromatic carboxylic acids is 1. The van der Waals surface area contributed by atoms with Gasteiger partial charge in [-0.25, -0.2) is 4.79 Å². The third-order valence-electron chi connectivity index (χ3n) is 5.26. The summed E-state index contributed by atoms with van der Waals surface area (Å²) >= 11 is 2.09. The summed E-state index contributed by atoms with van der Waals surface area (Å²) < 4.78 is 12.1. The lowest BCUT2D eigenvalue weighted by Crippen LogP contribution is -2.25. The van der Waals surface area contributed by atoms with Crippen molar-refractivity contribution in [2.75, 3.05) is 13.7 Å². The average Bonchev–Trinajstić information content (AvgIpc) is 2.89. The zero-order valence-corrected chi connectivity index (χ0v) is 21.8. The molecule has 0 saturated heterocycles. The van der Waals surface area contributed by atoms with Gasteiger partial charge in [-0.05, 0) is 82.5 Å². The first kappa shape index (κ1) is 26.8. The summed E-state index contributed by atoms with van der Waals surface area (Å²) in [4.78, 5) is 23.7. The number of amides is 1. The van der Waals surface area contributed by atoms with E-state index in [1.54, 1.807) is 30.3 Å². The molecule has 0 aromatic heterocycles. The molecule has 0 radical (unpaired) electrons. The molecule has 1 amide bonds. The summed E-state index contributed by atoms with van der Waals surface area (Å²) in [5.74, 6) is -0.519. The monoisotopic (exact) mass is 596 g/mol. The number of ether oxygens (including phenoxy) is 2. The lowest BCUT2D eigenvalue weighted by molar-refractivity contribution is -0.117. The van der Waals surface area contributed by atoms with E-state index < -0.39 is 11.9 Å². The highest BCUT2D eigenvalue weighted by Crippen LogP contribution is 2.35. The topological polar surface area (TPSA) is 109 Å². The van der Waals surface area contributed by atoms with Gasteiger partial charge >= 0.3 is 5.97 Å². The summed E-state index contributed by atoms with van der Waals surface area (Å²) in [5.41, 5.74) is 2.69. The van der Waals surface area contributed by atoms with E-state index in [4.69, 9.17) is 9.47 Å². The predicted molar refractivity (Wildman–Crippen MR) is 145 cm³/mol. The lowest BCUT2D eigenvalue weighted by atomic mass is 10.1. The second kappa shape index (κ2) is 13.3. The number of nitrogens with zero attached hydrogens (tertiary/aromatic N) is 1. The van der Waals surface area contributed by atoms with Crippen LogP contribution in [0, 0.1) is 14.9 Å². The maximum atomic E-state index is 12.5. The van der Waals surface area contributed by atoms with Crippen molar-refractivity contribution in [3.05, 3.63) is 98.1 Å². The third-order valence-corrected chi connectivity index (χ3v) is 6.06. The van der Waals surface area contributed by atoms with Crippen molar-refractivity contribution in [2.45, 2.75) is 19.4 Å². The molecule has 7 nitrogen and oxygen atoms in total. The normalized spacial score (nSPS) is 10.9. The fourth-order valence-corrected chi connectivity index (χ4v) is 4.24. The van der Waals surface area contributed by atoms with Crippen molar-refractivity contribution >= 4 is 40.5 Å². The number of hydrogen-bond donors (Lipinski definition) is 2. The van der Waals surface area contributed by atoms with Crippen LogP contribution in [0.25, 0.3) is 6.08 Å². The third kappa shape index (κ3) is 7.58. The summed E-state index contributed by atoms with van der Waals surface area (Å²) in [6.07, 6.45) is 3.11. The number of nitriles is 1. The molecular weight excluding hydrogens is 571 g/mol. The molecule has 0 saturated carbocycles. The van der Waals surface area contributed by atoms with Gasteiger partial charge in [-0.15, -0.1) is 0 Å². The molecule has 3 aromatic carbocycles. The Bertz CT molecular complexity index is 1300. The van der Waals surface area contributed by atoms with Gasteiger partial charge in [-0.3, -0.25) is 4.79 Å². The van der Waals surface area contributed by atoms with Crippen LogP contribution in [0.15, 0.2) is 72.3 Å². The van der Waals surface area contributed by atoms with Crippen molar-refractivity contribution in [1.82, 2.24) is 5.32 Å². The van der Waals surface area contributed by atoms with Gasteiger partial charge in [0.15, 0.2) is 11.5 Å². The molecule has 0 spiro atoms. The van der Waals surface area contributed by atoms with Gasteiger partial charge in [-0.2, -0.15) is 5.26 Å². The first-order chi connectivity index (χ1) is 17.4. The van der Waals surface area contributed by atoms with Crippen LogP contribution < -0.4 is 14.8 Å². The molecule has 0 aliphatic rings. The van der Waals surface area contributed by atoms with Crippen LogP contribution in [-0.2, 0) is 17.8 Å². The molecule has 3 aromatic rings. The Morgan fingerprint density at radius 3 is 2.53 bits per heavy atom. The Hall–Kier alpha value is -3.84. The molecule has 0 fully saturated rings. The zero-order valence-electron chi connectivity index (χ0n) is 19.7. The number of carboxylic acid groups (broad SMARTS) is 1. The largest absolute Gasteiger partial charge is 0.493 e. The predicted octanol–water partition coefficient (Wildman–Crippen LogP) is 5.23. The lowest BCUT2D eigenvalue weighted by Gasteiger charge is -2.14. The van der Waals surface area contributed by atoms with Crippen LogP contribution in [0.5, 0.6) is 11.5 Å². The van der Waals surface area contributed by atoms with Crippen molar-refractivity contribution in [1.29, 1.82) is 5.26 Å². The molecule has 8 heteroatoms. The number of hydrogen-bond acceptors (Lipinski definition) is 5. The average molecular weight is 596 g/mol. The summed E-state index contributed by atoms with van der Waals surface area (Å²) in [6, 6.07) is 21.9. The van der Waals surface area contributed by atoms with Crippen LogP contribution >= 0.6 is 22.6 Å². The quantitative estimate of drug-likeness (QED) is 0.136. The smallest absolute Gasteiger partial charge is 0.335 e. The molecule has 184 valence electrons. The van der Waals surface area contributed by atoms with Gasteiger partial charge in [0, 0.05) is 6.54 Å². The molecule has 0 aliphatic heterocycles. The van der Waals surface area contributed by atoms with Gasteiger partial charge in [0.2, 0.25) is 0 Å². The molecule has 0 heterocycles. The highest BCUT2D eigenvalue weighted by molar-refractivity contribution is 14.1. The standard InChI is InChI=1S/C28H25IN2O5/c1-35-25-16-21(14-23(17-30)27(32)31-12-6-10-19-7-3-2-4-8-19)15-24(29)26(25)36-18-20-9-5-11-22(13-20)28(33)34/h2-5,7-9,11,13-16H,6,10,12,18H2,1H3,(H,31,32)(H,33,34)/b23-14-. The number of rotatable bonds is 11. The van der Waals surface area contributed by atoms with Crippen molar-refractivity contribution in [3.8, 4) is 17.6 Å². The van der Waals surface area contributed by atoms with E-state index in [1.807, 2.05) is 36.4 Å². The molecule has 36 heavy (non-hydrogen) atoms. The fraction of sp³-hybridized carbons (Fsp3) is 0.179. The van der Waals surface area contributed by atoms with Crippen LogP contribution in [0.3, 0.4) is 0 Å². The minimum Gasteiger partial charge on any atom is -0.493 e. The molecule has 0 atom stereocenters. The van der Waals surface area contributed by atoms with E-state index in [-0.39, 0.29) is 17.7 Å². The Kier molecular flexibility index (Phi) is 9.89. The Morgan fingerprint density at radius 1 is 1.08 bits per heavy atom. The number of benzene rings is 3. The molecule has 0 aliphatic carbocycles. The summed E-state index contributed by atoms with van der Waals surface area (Å²) in [5, 5.41) is 21.5. The van der Waals surface area contributed by atoms with Crippen LogP contribution in [-0.4, -0.2) is 30.6 Å². The van der Waals surface area contributed by atoms with Crippen LogP contribution in [0.2, 0.25) is 0 Å². The molecule has 2 N–H and O–H groups in total. The van der Waals surface area contributed by atoms with Crippen LogP contribution in [0.4, 0.5) is 0 Å². The number of carboxylic acids is 1. The van der Waals surface area contributed by atoms with Crippen LogP contribution in [0.1, 0.15) is 33.5 Å². The van der Waals surface area contributed by atoms with Gasteiger partial charge in [0.05, 0.1) is 16.2 Å². The molecular formula is C28H25IN2O5. The Morgan fingerprint density at radius 2 is 1.83 bits per heavy atom. The molecule has 0 unspecified atom stereocenters. The Balaban J connectivity index is 1.67.